The van der Waals surface area contributed by atoms with E-state index in [-0.39, 0.29) is 11.5 Å². The average molecular weight is 214 g/mol. The van der Waals surface area contributed by atoms with Crippen molar-refractivity contribution in [2.24, 2.45) is 0 Å². The normalized spacial score (nSPS) is 11.4. The van der Waals surface area contributed by atoms with Gasteiger partial charge in [-0.2, -0.15) is 0 Å². The van der Waals surface area contributed by atoms with Crippen molar-refractivity contribution in [3.63, 3.8) is 0 Å². The van der Waals surface area contributed by atoms with E-state index in [9.17, 15) is 0 Å². The quantitative estimate of drug-likeness (QED) is 0.391. The number of aliphatic hydroxyl groups is 3. The summed E-state index contributed by atoms with van der Waals surface area (Å²) in [5.74, 6) is 0.266. The Morgan fingerprint density at radius 1 is 1.27 bits per heavy atom. The van der Waals surface area contributed by atoms with Crippen LogP contribution in [0.4, 0.5) is 11.5 Å². The van der Waals surface area contributed by atoms with E-state index in [0.717, 1.165) is 0 Å². The van der Waals surface area contributed by atoms with E-state index in [1.165, 1.54) is 12.5 Å². The van der Waals surface area contributed by atoms with Crippen molar-refractivity contribution in [1.29, 1.82) is 0 Å². The maximum absolute atomic E-state index is 9.06. The van der Waals surface area contributed by atoms with Crippen LogP contribution in [0, 0.1) is 0 Å². The second-order valence-corrected chi connectivity index (χ2v) is 3.21. The molecular formula is C8H14N4O3. The molecule has 0 aliphatic rings. The number of nitrogens with zero attached hydrogens (tertiary/aromatic N) is 2. The Hall–Kier alpha value is -1.44. The number of nitrogen functional groups attached to an aromatic ring is 1. The van der Waals surface area contributed by atoms with Crippen molar-refractivity contribution < 1.29 is 15.3 Å². The van der Waals surface area contributed by atoms with E-state index in [1.807, 2.05) is 0 Å². The molecule has 0 fully saturated rings. The maximum atomic E-state index is 9.06. The van der Waals surface area contributed by atoms with Crippen LogP contribution in [0.15, 0.2) is 12.5 Å². The number of anilines is 2. The van der Waals surface area contributed by atoms with E-state index in [1.54, 1.807) is 0 Å². The van der Waals surface area contributed by atoms with E-state index >= 15 is 0 Å². The van der Waals surface area contributed by atoms with Gasteiger partial charge in [0.15, 0.2) is 5.82 Å². The highest BCUT2D eigenvalue weighted by Crippen LogP contribution is 2.17. The fourth-order valence-electron chi connectivity index (χ4n) is 0.965. The van der Waals surface area contributed by atoms with Crippen molar-refractivity contribution in [2.75, 3.05) is 30.9 Å². The summed E-state index contributed by atoms with van der Waals surface area (Å²) < 4.78 is 0. The first kappa shape index (κ1) is 11.6. The van der Waals surface area contributed by atoms with Gasteiger partial charge in [-0.05, 0) is 0 Å². The van der Waals surface area contributed by atoms with Crippen LogP contribution in [0.1, 0.15) is 0 Å². The molecule has 0 amide bonds. The summed E-state index contributed by atoms with van der Waals surface area (Å²) in [6.07, 6.45) is 2.65. The standard InChI is InChI=1S/C8H14N4O3/c9-6-1-10-5-11-7(6)12-8(2-13,3-14)4-15/h1,5,13-15H,2-4,9H2,(H,10,11,12). The van der Waals surface area contributed by atoms with Crippen LogP contribution >= 0.6 is 0 Å². The second kappa shape index (κ2) is 4.87. The van der Waals surface area contributed by atoms with E-state index in [2.05, 4.69) is 15.3 Å². The van der Waals surface area contributed by atoms with Crippen LogP contribution in [0.5, 0.6) is 0 Å². The summed E-state index contributed by atoms with van der Waals surface area (Å²) >= 11 is 0. The van der Waals surface area contributed by atoms with Gasteiger partial charge in [0.2, 0.25) is 0 Å². The lowest BCUT2D eigenvalue weighted by Gasteiger charge is -2.29. The molecule has 0 radical (unpaired) electrons. The molecule has 6 N–H and O–H groups in total. The monoisotopic (exact) mass is 214 g/mol. The molecule has 0 spiro atoms. The minimum atomic E-state index is -1.23. The van der Waals surface area contributed by atoms with Crippen LogP contribution in [0.3, 0.4) is 0 Å². The molecule has 0 saturated carbocycles. The number of nitrogens with one attached hydrogen (secondary N) is 1. The molecule has 1 heterocycles. The van der Waals surface area contributed by atoms with Gasteiger partial charge in [-0.25, -0.2) is 9.97 Å². The zero-order valence-corrected chi connectivity index (χ0v) is 8.09. The molecule has 0 saturated heterocycles. The molecule has 15 heavy (non-hydrogen) atoms. The van der Waals surface area contributed by atoms with E-state index in [0.29, 0.717) is 0 Å². The number of aromatic nitrogens is 2. The van der Waals surface area contributed by atoms with Crippen molar-refractivity contribution in [3.8, 4) is 0 Å². The van der Waals surface area contributed by atoms with Gasteiger partial charge in [0.25, 0.3) is 0 Å². The Bertz CT molecular complexity index is 308. The minimum absolute atomic E-state index is 0.266. The van der Waals surface area contributed by atoms with Gasteiger partial charge in [0.1, 0.15) is 11.9 Å². The summed E-state index contributed by atoms with van der Waals surface area (Å²) in [6, 6.07) is 0. The van der Waals surface area contributed by atoms with Crippen molar-refractivity contribution in [1.82, 2.24) is 9.97 Å². The fraction of sp³-hybridized carbons (Fsp3) is 0.500. The highest BCUT2D eigenvalue weighted by molar-refractivity contribution is 5.60. The molecule has 0 aromatic carbocycles. The number of hydrogen-bond acceptors (Lipinski definition) is 7. The zero-order valence-electron chi connectivity index (χ0n) is 8.09. The Morgan fingerprint density at radius 3 is 2.33 bits per heavy atom. The Kier molecular flexibility index (Phi) is 3.78. The first-order valence-electron chi connectivity index (χ1n) is 4.33. The summed E-state index contributed by atoms with van der Waals surface area (Å²) in [6.45, 7) is -1.32. The number of aliphatic hydroxyl groups excluding tert-OH is 3. The molecule has 7 nitrogen and oxygen atoms in total. The maximum Gasteiger partial charge on any atom is 0.153 e. The van der Waals surface area contributed by atoms with Crippen molar-refractivity contribution in [3.05, 3.63) is 12.5 Å². The predicted molar refractivity (Wildman–Crippen MR) is 54.1 cm³/mol. The Labute approximate surface area is 86.6 Å². The van der Waals surface area contributed by atoms with Crippen LogP contribution in [0.25, 0.3) is 0 Å². The molecule has 7 heteroatoms. The zero-order chi connectivity index (χ0) is 11.3. The highest BCUT2D eigenvalue weighted by atomic mass is 16.3. The smallest absolute Gasteiger partial charge is 0.153 e. The van der Waals surface area contributed by atoms with E-state index in [4.69, 9.17) is 21.1 Å². The van der Waals surface area contributed by atoms with Crippen LogP contribution in [-0.2, 0) is 0 Å². The molecule has 84 valence electrons. The largest absolute Gasteiger partial charge is 0.394 e. The summed E-state index contributed by atoms with van der Waals surface area (Å²) in [5.41, 5.74) is 4.60. The molecule has 0 atom stereocenters. The molecule has 0 unspecified atom stereocenters. The van der Waals surface area contributed by atoms with Crippen LogP contribution in [0.2, 0.25) is 0 Å². The second-order valence-electron chi connectivity index (χ2n) is 3.21. The third kappa shape index (κ3) is 2.52. The van der Waals surface area contributed by atoms with Gasteiger partial charge in [-0.15, -0.1) is 0 Å². The molecule has 0 aliphatic heterocycles. The molecule has 1 aromatic rings. The average Bonchev–Trinajstić information content (AvgIpc) is 2.29. The van der Waals surface area contributed by atoms with Gasteiger partial charge in [0.05, 0.1) is 31.7 Å². The third-order valence-corrected chi connectivity index (χ3v) is 2.03. The molecule has 1 aromatic heterocycles. The first-order valence-corrected chi connectivity index (χ1v) is 4.33. The molecule has 0 bridgehead atoms. The van der Waals surface area contributed by atoms with Crippen molar-refractivity contribution in [2.45, 2.75) is 5.54 Å². The topological polar surface area (TPSA) is 125 Å². The Balaban J connectivity index is 2.88. The summed E-state index contributed by atoms with van der Waals surface area (Å²) in [7, 11) is 0. The number of rotatable bonds is 5. The van der Waals surface area contributed by atoms with Crippen molar-refractivity contribution >= 4 is 11.5 Å². The lowest BCUT2D eigenvalue weighted by Crippen LogP contribution is -2.49. The molecule has 1 rings (SSSR count). The van der Waals surface area contributed by atoms with Gasteiger partial charge in [-0.3, -0.25) is 0 Å². The predicted octanol–water partition coefficient (Wildman–Crippen LogP) is -1.81. The lowest BCUT2D eigenvalue weighted by molar-refractivity contribution is 0.0831. The van der Waals surface area contributed by atoms with Gasteiger partial charge >= 0.3 is 0 Å². The minimum Gasteiger partial charge on any atom is -0.394 e. The SMILES string of the molecule is Nc1cncnc1NC(CO)(CO)CO. The van der Waals surface area contributed by atoms with Gasteiger partial charge < -0.3 is 26.4 Å². The first-order chi connectivity index (χ1) is 7.17. The molecule has 0 aliphatic carbocycles. The summed E-state index contributed by atoms with van der Waals surface area (Å²) in [5, 5.41) is 29.9. The third-order valence-electron chi connectivity index (χ3n) is 2.03. The highest BCUT2D eigenvalue weighted by Gasteiger charge is 2.28. The van der Waals surface area contributed by atoms with Crippen LogP contribution in [-0.4, -0.2) is 50.6 Å². The Morgan fingerprint density at radius 2 is 1.87 bits per heavy atom. The van der Waals surface area contributed by atoms with Gasteiger partial charge in [0, 0.05) is 0 Å². The fourth-order valence-corrected chi connectivity index (χ4v) is 0.965. The number of nitrogens with two attached hydrogens (primary N) is 1. The van der Waals surface area contributed by atoms with Crippen LogP contribution < -0.4 is 11.1 Å². The molecular weight excluding hydrogens is 200 g/mol. The number of hydrogen-bond donors (Lipinski definition) is 5. The summed E-state index contributed by atoms with van der Waals surface area (Å²) in [4.78, 5) is 7.52. The lowest BCUT2D eigenvalue weighted by atomic mass is 10.0. The van der Waals surface area contributed by atoms with E-state index < -0.39 is 25.4 Å². The van der Waals surface area contributed by atoms with Gasteiger partial charge in [-0.1, -0.05) is 0 Å².